The van der Waals surface area contributed by atoms with E-state index in [1.54, 1.807) is 26.0 Å². The maximum atomic E-state index is 12.0. The number of halogens is 1. The van der Waals surface area contributed by atoms with Crippen LogP contribution in [0.3, 0.4) is 0 Å². The number of aliphatic imine (C=N–C) groups is 1. The van der Waals surface area contributed by atoms with E-state index in [0.717, 1.165) is 12.4 Å². The molecule has 0 aromatic heterocycles. The standard InChI is InChI=1S/C19H39N5O3.HI/c1-14(2)15(22-18(26)27-19(3,4)5)11-13-24(9)17(20-6)21-12-10-16(25)23(7)8;/h14-15H,10-13H2,1-9H3,(H,20,21)(H,22,26);1H. The number of hydrogen-bond donors (Lipinski definition) is 2. The first-order valence-corrected chi connectivity index (χ1v) is 9.48. The van der Waals surface area contributed by atoms with E-state index in [0.29, 0.717) is 19.5 Å². The molecule has 0 rings (SSSR count). The maximum absolute atomic E-state index is 12.0. The SMILES string of the molecule is CN=C(NCCC(=O)N(C)C)N(C)CCC(NC(=O)OC(C)(C)C)C(C)C.I. The van der Waals surface area contributed by atoms with Gasteiger partial charge in [-0.05, 0) is 33.1 Å². The summed E-state index contributed by atoms with van der Waals surface area (Å²) in [6, 6.07) is -0.00396. The first kappa shape index (κ1) is 28.9. The molecule has 1 unspecified atom stereocenters. The topological polar surface area (TPSA) is 86.3 Å². The number of rotatable bonds is 8. The quantitative estimate of drug-likeness (QED) is 0.296. The minimum absolute atomic E-state index is 0. The van der Waals surface area contributed by atoms with Crippen LogP contribution in [0.5, 0.6) is 0 Å². The van der Waals surface area contributed by atoms with Gasteiger partial charge in [0.05, 0.1) is 0 Å². The van der Waals surface area contributed by atoms with Gasteiger partial charge in [-0.25, -0.2) is 4.79 Å². The van der Waals surface area contributed by atoms with E-state index in [2.05, 4.69) is 29.5 Å². The van der Waals surface area contributed by atoms with Crippen LogP contribution in [0.15, 0.2) is 4.99 Å². The van der Waals surface area contributed by atoms with E-state index >= 15 is 0 Å². The Kier molecular flexibility index (Phi) is 14.3. The predicted molar refractivity (Wildman–Crippen MR) is 125 cm³/mol. The van der Waals surface area contributed by atoms with Gasteiger partial charge in [0.25, 0.3) is 0 Å². The van der Waals surface area contributed by atoms with Crippen LogP contribution in [0.1, 0.15) is 47.5 Å². The van der Waals surface area contributed by atoms with Crippen LogP contribution in [-0.2, 0) is 9.53 Å². The third-order valence-electron chi connectivity index (χ3n) is 3.98. The number of nitrogens with zero attached hydrogens (tertiary/aromatic N) is 3. The predicted octanol–water partition coefficient (Wildman–Crippen LogP) is 2.53. The number of nitrogens with one attached hydrogen (secondary N) is 2. The van der Waals surface area contributed by atoms with E-state index in [1.807, 2.05) is 32.7 Å². The van der Waals surface area contributed by atoms with Gasteiger partial charge in [0.15, 0.2) is 5.96 Å². The zero-order valence-corrected chi connectivity index (χ0v) is 21.3. The van der Waals surface area contributed by atoms with E-state index in [4.69, 9.17) is 4.74 Å². The summed E-state index contributed by atoms with van der Waals surface area (Å²) in [5, 5.41) is 6.15. The van der Waals surface area contributed by atoms with Crippen LogP contribution in [-0.4, -0.2) is 80.7 Å². The highest BCUT2D eigenvalue weighted by molar-refractivity contribution is 14.0. The van der Waals surface area contributed by atoms with Crippen molar-refractivity contribution in [2.75, 3.05) is 41.3 Å². The molecule has 0 aliphatic heterocycles. The third-order valence-corrected chi connectivity index (χ3v) is 3.98. The summed E-state index contributed by atoms with van der Waals surface area (Å²) in [5.41, 5.74) is -0.516. The van der Waals surface area contributed by atoms with Crippen molar-refractivity contribution in [3.05, 3.63) is 0 Å². The molecule has 0 bridgehead atoms. The van der Waals surface area contributed by atoms with Crippen LogP contribution < -0.4 is 10.6 Å². The number of carbonyl (C=O) groups excluding carboxylic acids is 2. The van der Waals surface area contributed by atoms with Gasteiger partial charge in [-0.15, -0.1) is 24.0 Å². The molecule has 1 atom stereocenters. The molecule has 0 aliphatic rings. The van der Waals surface area contributed by atoms with E-state index in [-0.39, 0.29) is 41.8 Å². The molecule has 0 spiro atoms. The lowest BCUT2D eigenvalue weighted by molar-refractivity contribution is -0.128. The Morgan fingerprint density at radius 2 is 1.71 bits per heavy atom. The number of ether oxygens (including phenoxy) is 1. The largest absolute Gasteiger partial charge is 0.444 e. The van der Waals surface area contributed by atoms with Gasteiger partial charge < -0.3 is 25.2 Å². The zero-order valence-electron chi connectivity index (χ0n) is 19.0. The van der Waals surface area contributed by atoms with Gasteiger partial charge in [-0.3, -0.25) is 9.79 Å². The van der Waals surface area contributed by atoms with Crippen molar-refractivity contribution in [1.82, 2.24) is 20.4 Å². The molecule has 0 aromatic carbocycles. The van der Waals surface area contributed by atoms with Crippen LogP contribution in [0.4, 0.5) is 4.79 Å². The normalized spacial score (nSPS) is 12.7. The summed E-state index contributed by atoms with van der Waals surface area (Å²) in [6.45, 7) is 10.9. The number of hydrogen-bond acceptors (Lipinski definition) is 4. The average molecular weight is 513 g/mol. The van der Waals surface area contributed by atoms with Crippen molar-refractivity contribution in [1.29, 1.82) is 0 Å². The van der Waals surface area contributed by atoms with Crippen LogP contribution in [0.25, 0.3) is 0 Å². The van der Waals surface area contributed by atoms with Crippen molar-refractivity contribution >= 4 is 41.9 Å². The highest BCUT2D eigenvalue weighted by atomic mass is 127. The Labute approximate surface area is 187 Å². The zero-order chi connectivity index (χ0) is 21.2. The monoisotopic (exact) mass is 513 g/mol. The van der Waals surface area contributed by atoms with Gasteiger partial charge in [-0.1, -0.05) is 13.8 Å². The first-order valence-electron chi connectivity index (χ1n) is 9.48. The second-order valence-corrected chi connectivity index (χ2v) is 8.22. The molecule has 8 nitrogen and oxygen atoms in total. The fraction of sp³-hybridized carbons (Fsp3) is 0.842. The second-order valence-electron chi connectivity index (χ2n) is 8.22. The lowest BCUT2D eigenvalue weighted by atomic mass is 10.0. The fourth-order valence-corrected chi connectivity index (χ4v) is 2.36. The molecular weight excluding hydrogens is 473 g/mol. The first-order chi connectivity index (χ1) is 12.4. The molecule has 0 heterocycles. The highest BCUT2D eigenvalue weighted by Crippen LogP contribution is 2.11. The van der Waals surface area contributed by atoms with Crippen molar-refractivity contribution in [3.8, 4) is 0 Å². The lowest BCUT2D eigenvalue weighted by Crippen LogP contribution is -2.45. The molecule has 0 aromatic rings. The van der Waals surface area contributed by atoms with Crippen molar-refractivity contribution in [2.24, 2.45) is 10.9 Å². The minimum Gasteiger partial charge on any atom is -0.444 e. The van der Waals surface area contributed by atoms with Crippen LogP contribution in [0, 0.1) is 5.92 Å². The number of carbonyl (C=O) groups is 2. The fourth-order valence-electron chi connectivity index (χ4n) is 2.36. The Bertz CT molecular complexity index is 504. The Morgan fingerprint density at radius 3 is 2.14 bits per heavy atom. The molecule has 0 aliphatic carbocycles. The van der Waals surface area contributed by atoms with Gasteiger partial charge in [-0.2, -0.15) is 0 Å². The highest BCUT2D eigenvalue weighted by Gasteiger charge is 2.22. The molecule has 2 amide bonds. The Morgan fingerprint density at radius 1 is 1.14 bits per heavy atom. The summed E-state index contributed by atoms with van der Waals surface area (Å²) in [5.74, 6) is 1.07. The summed E-state index contributed by atoms with van der Waals surface area (Å²) >= 11 is 0. The summed E-state index contributed by atoms with van der Waals surface area (Å²) < 4.78 is 5.35. The molecular formula is C19H40IN5O3. The van der Waals surface area contributed by atoms with Gasteiger partial charge in [0.2, 0.25) is 5.91 Å². The maximum Gasteiger partial charge on any atom is 0.407 e. The van der Waals surface area contributed by atoms with Gasteiger partial charge in [0, 0.05) is 53.7 Å². The Hall–Kier alpha value is -1.26. The smallest absolute Gasteiger partial charge is 0.407 e. The number of amides is 2. The summed E-state index contributed by atoms with van der Waals surface area (Å²) in [7, 11) is 7.14. The molecule has 28 heavy (non-hydrogen) atoms. The van der Waals surface area contributed by atoms with Gasteiger partial charge in [0.1, 0.15) is 5.60 Å². The molecule has 2 N–H and O–H groups in total. The van der Waals surface area contributed by atoms with Crippen LogP contribution in [0.2, 0.25) is 0 Å². The van der Waals surface area contributed by atoms with Crippen molar-refractivity contribution in [3.63, 3.8) is 0 Å². The molecule has 0 radical (unpaired) electrons. The average Bonchev–Trinajstić information content (AvgIpc) is 2.52. The van der Waals surface area contributed by atoms with Crippen molar-refractivity contribution < 1.29 is 14.3 Å². The third kappa shape index (κ3) is 13.0. The number of alkyl carbamates (subject to hydrolysis) is 1. The van der Waals surface area contributed by atoms with E-state index in [1.165, 1.54) is 0 Å². The van der Waals surface area contributed by atoms with Crippen molar-refractivity contribution in [2.45, 2.75) is 59.1 Å². The lowest BCUT2D eigenvalue weighted by Gasteiger charge is -2.28. The molecule has 166 valence electrons. The summed E-state index contributed by atoms with van der Waals surface area (Å²) in [4.78, 5) is 31.5. The van der Waals surface area contributed by atoms with E-state index < -0.39 is 11.7 Å². The molecule has 0 saturated carbocycles. The molecule has 9 heteroatoms. The van der Waals surface area contributed by atoms with E-state index in [9.17, 15) is 9.59 Å². The van der Waals surface area contributed by atoms with Gasteiger partial charge >= 0.3 is 6.09 Å². The Balaban J connectivity index is 0. The van der Waals surface area contributed by atoms with Crippen LogP contribution >= 0.6 is 24.0 Å². The molecule has 0 saturated heterocycles. The summed E-state index contributed by atoms with van der Waals surface area (Å²) in [6.07, 6.45) is 0.771. The minimum atomic E-state index is -0.516. The molecule has 0 fully saturated rings. The number of guanidine groups is 1. The second kappa shape index (κ2) is 13.8.